The summed E-state index contributed by atoms with van der Waals surface area (Å²) in [6.07, 6.45) is 0. The molecule has 0 aromatic heterocycles. The largest absolute Gasteiger partial charge is 0.507 e. The molecule has 0 bridgehead atoms. The van der Waals surface area contributed by atoms with E-state index in [-0.39, 0.29) is 17.2 Å². The van der Waals surface area contributed by atoms with Gasteiger partial charge in [0.25, 0.3) is 0 Å². The Morgan fingerprint density at radius 3 is 2.38 bits per heavy atom. The molecular formula is C18H22FNO. The summed E-state index contributed by atoms with van der Waals surface area (Å²) in [5, 5.41) is 13.3. The van der Waals surface area contributed by atoms with Gasteiger partial charge < -0.3 is 10.4 Å². The highest BCUT2D eigenvalue weighted by Crippen LogP contribution is 2.33. The number of rotatable bonds is 3. The van der Waals surface area contributed by atoms with E-state index in [1.54, 1.807) is 6.07 Å². The normalized spacial score (nSPS) is 13.0. The Morgan fingerprint density at radius 1 is 1.10 bits per heavy atom. The zero-order chi connectivity index (χ0) is 15.6. The first-order chi connectivity index (χ1) is 9.79. The lowest BCUT2D eigenvalue weighted by atomic mass is 9.85. The second-order valence-corrected chi connectivity index (χ2v) is 6.36. The number of aromatic hydroxyl groups is 1. The van der Waals surface area contributed by atoms with E-state index in [4.69, 9.17) is 0 Å². The van der Waals surface area contributed by atoms with Gasteiger partial charge in [-0.3, -0.25) is 0 Å². The van der Waals surface area contributed by atoms with E-state index < -0.39 is 5.82 Å². The SMILES string of the molecule is CC(Nc1ccccc1C(C)(C)C)c1ccc(F)cc1O. The van der Waals surface area contributed by atoms with Gasteiger partial charge in [-0.15, -0.1) is 0 Å². The van der Waals surface area contributed by atoms with Crippen molar-refractivity contribution in [1.82, 2.24) is 0 Å². The van der Waals surface area contributed by atoms with E-state index in [2.05, 4.69) is 32.2 Å². The maximum Gasteiger partial charge on any atom is 0.126 e. The average Bonchev–Trinajstić information content (AvgIpc) is 2.37. The molecule has 0 radical (unpaired) electrons. The van der Waals surface area contributed by atoms with E-state index in [9.17, 15) is 9.50 Å². The Bertz CT molecular complexity index is 631. The molecule has 2 aromatic carbocycles. The van der Waals surface area contributed by atoms with Crippen molar-refractivity contribution < 1.29 is 9.50 Å². The first kappa shape index (κ1) is 15.4. The molecule has 3 heteroatoms. The highest BCUT2D eigenvalue weighted by atomic mass is 19.1. The van der Waals surface area contributed by atoms with E-state index >= 15 is 0 Å². The lowest BCUT2D eigenvalue weighted by molar-refractivity contribution is 0.459. The number of para-hydroxylation sites is 1. The highest BCUT2D eigenvalue weighted by Gasteiger charge is 2.19. The summed E-state index contributed by atoms with van der Waals surface area (Å²) >= 11 is 0. The molecular weight excluding hydrogens is 265 g/mol. The van der Waals surface area contributed by atoms with Crippen LogP contribution >= 0.6 is 0 Å². The fourth-order valence-electron chi connectivity index (χ4n) is 2.46. The summed E-state index contributed by atoms with van der Waals surface area (Å²) in [6.45, 7) is 8.43. The second-order valence-electron chi connectivity index (χ2n) is 6.36. The van der Waals surface area contributed by atoms with Crippen LogP contribution in [-0.4, -0.2) is 5.11 Å². The van der Waals surface area contributed by atoms with Gasteiger partial charge in [0.15, 0.2) is 0 Å². The van der Waals surface area contributed by atoms with Crippen LogP contribution in [0.15, 0.2) is 42.5 Å². The topological polar surface area (TPSA) is 32.3 Å². The van der Waals surface area contributed by atoms with Crippen molar-refractivity contribution in [2.45, 2.75) is 39.2 Å². The first-order valence-electron chi connectivity index (χ1n) is 7.13. The van der Waals surface area contributed by atoms with Gasteiger partial charge in [-0.1, -0.05) is 45.0 Å². The minimum absolute atomic E-state index is 0.0220. The lowest BCUT2D eigenvalue weighted by Crippen LogP contribution is -2.16. The number of halogens is 1. The van der Waals surface area contributed by atoms with Crippen molar-refractivity contribution in [2.75, 3.05) is 5.32 Å². The molecule has 0 amide bonds. The molecule has 0 heterocycles. The van der Waals surface area contributed by atoms with Gasteiger partial charge in [-0.2, -0.15) is 0 Å². The van der Waals surface area contributed by atoms with Gasteiger partial charge in [0.05, 0.1) is 6.04 Å². The van der Waals surface area contributed by atoms with Crippen LogP contribution in [0.2, 0.25) is 0 Å². The predicted octanol–water partition coefficient (Wildman–Crippen LogP) is 5.00. The van der Waals surface area contributed by atoms with E-state index in [1.165, 1.54) is 11.6 Å². The van der Waals surface area contributed by atoms with Crippen molar-refractivity contribution in [3.05, 3.63) is 59.4 Å². The van der Waals surface area contributed by atoms with E-state index in [0.29, 0.717) is 5.56 Å². The maximum absolute atomic E-state index is 13.1. The molecule has 0 aliphatic rings. The van der Waals surface area contributed by atoms with Crippen molar-refractivity contribution in [1.29, 1.82) is 0 Å². The number of hydrogen-bond donors (Lipinski definition) is 2. The number of phenolic OH excluding ortho intramolecular Hbond substituents is 1. The van der Waals surface area contributed by atoms with Crippen molar-refractivity contribution >= 4 is 5.69 Å². The van der Waals surface area contributed by atoms with Gasteiger partial charge >= 0.3 is 0 Å². The minimum atomic E-state index is -0.432. The van der Waals surface area contributed by atoms with Gasteiger partial charge in [0, 0.05) is 17.3 Å². The summed E-state index contributed by atoms with van der Waals surface area (Å²) in [4.78, 5) is 0. The van der Waals surface area contributed by atoms with Crippen LogP contribution in [0.25, 0.3) is 0 Å². The molecule has 2 nitrogen and oxygen atoms in total. The Labute approximate surface area is 125 Å². The maximum atomic E-state index is 13.1. The third kappa shape index (κ3) is 3.54. The van der Waals surface area contributed by atoms with Crippen LogP contribution in [0.4, 0.5) is 10.1 Å². The fourth-order valence-corrected chi connectivity index (χ4v) is 2.46. The first-order valence-corrected chi connectivity index (χ1v) is 7.13. The van der Waals surface area contributed by atoms with Crippen LogP contribution in [-0.2, 0) is 5.41 Å². The van der Waals surface area contributed by atoms with E-state index in [1.807, 2.05) is 25.1 Å². The van der Waals surface area contributed by atoms with Crippen LogP contribution in [0.3, 0.4) is 0 Å². The van der Waals surface area contributed by atoms with Crippen LogP contribution < -0.4 is 5.32 Å². The summed E-state index contributed by atoms with van der Waals surface area (Å²) in [5.74, 6) is -0.457. The summed E-state index contributed by atoms with van der Waals surface area (Å²) < 4.78 is 13.1. The van der Waals surface area contributed by atoms with Gasteiger partial charge in [0.1, 0.15) is 11.6 Å². The molecule has 2 rings (SSSR count). The Kier molecular flexibility index (Phi) is 4.21. The monoisotopic (exact) mass is 287 g/mol. The summed E-state index contributed by atoms with van der Waals surface area (Å²) in [7, 11) is 0. The molecule has 1 atom stereocenters. The van der Waals surface area contributed by atoms with E-state index in [0.717, 1.165) is 11.8 Å². The zero-order valence-corrected chi connectivity index (χ0v) is 12.9. The summed E-state index contributed by atoms with van der Waals surface area (Å²) in [6, 6.07) is 12.1. The molecule has 0 spiro atoms. The summed E-state index contributed by atoms with van der Waals surface area (Å²) in [5.41, 5.74) is 2.94. The Morgan fingerprint density at radius 2 is 1.76 bits per heavy atom. The third-order valence-corrected chi connectivity index (χ3v) is 3.57. The van der Waals surface area contributed by atoms with Gasteiger partial charge in [-0.05, 0) is 30.0 Å². The van der Waals surface area contributed by atoms with Crippen LogP contribution in [0.1, 0.15) is 44.9 Å². The molecule has 1 unspecified atom stereocenters. The zero-order valence-electron chi connectivity index (χ0n) is 12.9. The average molecular weight is 287 g/mol. The minimum Gasteiger partial charge on any atom is -0.507 e. The number of phenols is 1. The second kappa shape index (κ2) is 5.76. The van der Waals surface area contributed by atoms with Gasteiger partial charge in [0.2, 0.25) is 0 Å². The molecule has 0 aliphatic carbocycles. The predicted molar refractivity (Wildman–Crippen MR) is 85.2 cm³/mol. The molecule has 0 saturated carbocycles. The van der Waals surface area contributed by atoms with Crippen LogP contribution in [0, 0.1) is 5.82 Å². The van der Waals surface area contributed by atoms with Gasteiger partial charge in [-0.25, -0.2) is 4.39 Å². The molecule has 21 heavy (non-hydrogen) atoms. The molecule has 0 aliphatic heterocycles. The molecule has 0 saturated heterocycles. The van der Waals surface area contributed by atoms with Crippen molar-refractivity contribution in [3.8, 4) is 5.75 Å². The smallest absolute Gasteiger partial charge is 0.126 e. The quantitative estimate of drug-likeness (QED) is 0.832. The fraction of sp³-hybridized carbons (Fsp3) is 0.333. The molecule has 0 fully saturated rings. The third-order valence-electron chi connectivity index (χ3n) is 3.57. The molecule has 2 N–H and O–H groups in total. The Hall–Kier alpha value is -2.03. The number of anilines is 1. The Balaban J connectivity index is 2.30. The van der Waals surface area contributed by atoms with Crippen LogP contribution in [0.5, 0.6) is 5.75 Å². The highest BCUT2D eigenvalue weighted by molar-refractivity contribution is 5.56. The number of benzene rings is 2. The molecule has 112 valence electrons. The molecule has 2 aromatic rings. The van der Waals surface area contributed by atoms with Crippen molar-refractivity contribution in [3.63, 3.8) is 0 Å². The van der Waals surface area contributed by atoms with Crippen molar-refractivity contribution in [2.24, 2.45) is 0 Å². The standard InChI is InChI=1S/C18H22FNO/c1-12(14-10-9-13(19)11-17(14)21)20-16-8-6-5-7-15(16)18(2,3)4/h5-12,20-21H,1-4H3. The number of nitrogens with one attached hydrogen (secondary N) is 1. The lowest BCUT2D eigenvalue weighted by Gasteiger charge is -2.26. The number of hydrogen-bond acceptors (Lipinski definition) is 2.